The van der Waals surface area contributed by atoms with Gasteiger partial charge in [0.15, 0.2) is 11.6 Å². The summed E-state index contributed by atoms with van der Waals surface area (Å²) in [6.45, 7) is 3.76. The Morgan fingerprint density at radius 1 is 0.950 bits per heavy atom. The summed E-state index contributed by atoms with van der Waals surface area (Å²) < 4.78 is 5.52. The average molecular weight is 538 g/mol. The summed E-state index contributed by atoms with van der Waals surface area (Å²) in [6.07, 6.45) is 4.95. The predicted molar refractivity (Wildman–Crippen MR) is 149 cm³/mol. The fourth-order valence-corrected chi connectivity index (χ4v) is 6.82. The molecule has 1 N–H and O–H groups in total. The molecule has 0 bridgehead atoms. The Bertz CT molecular complexity index is 1510. The zero-order valence-electron chi connectivity index (χ0n) is 22.6. The fraction of sp³-hybridized carbons (Fsp3) is 0.333. The molecule has 0 radical (unpaired) electrons. The van der Waals surface area contributed by atoms with Crippen LogP contribution in [0.1, 0.15) is 43.7 Å². The highest BCUT2D eigenvalue weighted by Gasteiger charge is 2.56. The maximum absolute atomic E-state index is 14.0. The summed E-state index contributed by atoms with van der Waals surface area (Å²) in [7, 11) is 0. The lowest BCUT2D eigenvalue weighted by molar-refractivity contribution is -0.123. The van der Waals surface area contributed by atoms with Crippen molar-refractivity contribution in [3.05, 3.63) is 94.1 Å². The van der Waals surface area contributed by atoms with Crippen LogP contribution in [-0.4, -0.2) is 41.7 Å². The third kappa shape index (κ3) is 4.07. The number of amides is 2. The molecule has 0 unspecified atom stereocenters. The third-order valence-corrected chi connectivity index (χ3v) is 8.74. The van der Waals surface area contributed by atoms with Gasteiger partial charge in [-0.25, -0.2) is 0 Å². The van der Waals surface area contributed by atoms with Gasteiger partial charge in [0, 0.05) is 22.6 Å². The molecule has 0 saturated carbocycles. The number of anilines is 1. The SMILES string of the molecule is CCc1ccc(N2C(=O)[C@H]3[C@H](CC=C4[C@H](c5ccc(OCCO)cc5)C5=C(C[C@H]43)C(=O)C(C)=CC5=O)C2=O)cc1. The van der Waals surface area contributed by atoms with E-state index in [4.69, 9.17) is 9.84 Å². The largest absolute Gasteiger partial charge is 0.491 e. The number of imide groups is 1. The number of allylic oxidation sites excluding steroid dienone is 6. The monoisotopic (exact) mass is 537 g/mol. The van der Waals surface area contributed by atoms with Gasteiger partial charge in [0.2, 0.25) is 11.8 Å². The molecule has 4 atom stereocenters. The average Bonchev–Trinajstić information content (AvgIpc) is 3.23. The zero-order valence-corrected chi connectivity index (χ0v) is 22.6. The molecule has 4 aliphatic rings. The van der Waals surface area contributed by atoms with Gasteiger partial charge in [-0.1, -0.05) is 42.8 Å². The summed E-state index contributed by atoms with van der Waals surface area (Å²) in [5.41, 5.74) is 4.72. The number of benzene rings is 2. The number of hydrogen-bond acceptors (Lipinski definition) is 6. The third-order valence-electron chi connectivity index (χ3n) is 8.74. The molecular weight excluding hydrogens is 506 g/mol. The first kappa shape index (κ1) is 26.1. The molecule has 2 amide bonds. The first-order chi connectivity index (χ1) is 19.3. The van der Waals surface area contributed by atoms with Crippen LogP contribution in [0.15, 0.2) is 83.0 Å². The minimum Gasteiger partial charge on any atom is -0.491 e. The van der Waals surface area contributed by atoms with Crippen LogP contribution in [0.25, 0.3) is 0 Å². The van der Waals surface area contributed by atoms with E-state index in [9.17, 15) is 19.2 Å². The van der Waals surface area contributed by atoms with E-state index in [1.165, 1.54) is 11.0 Å². The highest BCUT2D eigenvalue weighted by molar-refractivity contribution is 6.25. The number of ether oxygens (including phenoxy) is 1. The van der Waals surface area contributed by atoms with Crippen molar-refractivity contribution < 1.29 is 29.0 Å². The van der Waals surface area contributed by atoms with Crippen molar-refractivity contribution in [2.24, 2.45) is 17.8 Å². The van der Waals surface area contributed by atoms with E-state index in [1.54, 1.807) is 19.1 Å². The predicted octanol–water partition coefficient (Wildman–Crippen LogP) is 4.25. The van der Waals surface area contributed by atoms with E-state index >= 15 is 0 Å². The van der Waals surface area contributed by atoms with Crippen molar-refractivity contribution in [1.29, 1.82) is 0 Å². The Kier molecular flexibility index (Phi) is 6.62. The standard InChI is InChI=1S/C33H31NO6/c1-3-19-4-8-21(9-5-19)34-32(38)24-13-12-23-25(29(24)33(34)39)17-26-30(27(36)16-18(2)31(26)37)28(23)20-6-10-22(11-7-20)40-15-14-35/h4-12,16,24-25,28-29,35H,3,13-15,17H2,1-2H3/t24-,25+,28-,29-/m0/s1. The minimum atomic E-state index is -0.601. The van der Waals surface area contributed by atoms with Crippen LogP contribution >= 0.6 is 0 Å². The van der Waals surface area contributed by atoms with Gasteiger partial charge >= 0.3 is 0 Å². The maximum Gasteiger partial charge on any atom is 0.238 e. The quantitative estimate of drug-likeness (QED) is 0.336. The van der Waals surface area contributed by atoms with Crippen molar-refractivity contribution >= 4 is 29.1 Å². The van der Waals surface area contributed by atoms with Crippen LogP contribution in [0, 0.1) is 17.8 Å². The lowest BCUT2D eigenvalue weighted by Crippen LogP contribution is -2.39. The van der Waals surface area contributed by atoms with Crippen LogP contribution in [-0.2, 0) is 25.6 Å². The highest BCUT2D eigenvalue weighted by atomic mass is 16.5. The highest BCUT2D eigenvalue weighted by Crippen LogP contribution is 2.55. The molecule has 2 aromatic carbocycles. The van der Waals surface area contributed by atoms with Crippen LogP contribution in [0.3, 0.4) is 0 Å². The number of aliphatic hydroxyl groups is 1. The first-order valence-electron chi connectivity index (χ1n) is 13.8. The molecule has 40 heavy (non-hydrogen) atoms. The molecule has 1 heterocycles. The number of carbonyl (C=O) groups excluding carboxylic acids is 4. The van der Waals surface area contributed by atoms with Gasteiger partial charge in [-0.05, 0) is 73.6 Å². The Morgan fingerprint density at radius 2 is 1.68 bits per heavy atom. The molecule has 3 aliphatic carbocycles. The van der Waals surface area contributed by atoms with Gasteiger partial charge < -0.3 is 9.84 Å². The van der Waals surface area contributed by atoms with Gasteiger partial charge in [-0.15, -0.1) is 0 Å². The van der Waals surface area contributed by atoms with Crippen LogP contribution in [0.2, 0.25) is 0 Å². The number of Topliss-reactive ketones (excluding diaryl/α,β-unsaturated/α-hetero) is 1. The van der Waals surface area contributed by atoms with E-state index < -0.39 is 17.8 Å². The molecule has 2 aromatic rings. The number of nitrogens with zero attached hydrogens (tertiary/aromatic N) is 1. The minimum absolute atomic E-state index is 0.105. The molecule has 1 aliphatic heterocycles. The molecule has 0 spiro atoms. The normalized spacial score (nSPS) is 25.8. The van der Waals surface area contributed by atoms with Gasteiger partial charge in [0.25, 0.3) is 0 Å². The van der Waals surface area contributed by atoms with Crippen LogP contribution < -0.4 is 9.64 Å². The van der Waals surface area contributed by atoms with Gasteiger partial charge in [-0.3, -0.25) is 24.1 Å². The van der Waals surface area contributed by atoms with Gasteiger partial charge in [0.05, 0.1) is 24.1 Å². The molecule has 1 fully saturated rings. The van der Waals surface area contributed by atoms with Crippen molar-refractivity contribution in [1.82, 2.24) is 0 Å². The Hall–Kier alpha value is -4.10. The van der Waals surface area contributed by atoms with Crippen molar-refractivity contribution in [2.45, 2.75) is 39.0 Å². The second kappa shape index (κ2) is 10.1. The van der Waals surface area contributed by atoms with Gasteiger partial charge in [-0.2, -0.15) is 0 Å². The second-order valence-electron chi connectivity index (χ2n) is 10.9. The van der Waals surface area contributed by atoms with E-state index in [2.05, 4.69) is 6.92 Å². The fourth-order valence-electron chi connectivity index (χ4n) is 6.82. The summed E-state index contributed by atoms with van der Waals surface area (Å²) in [5.74, 6) is -2.20. The number of rotatable bonds is 6. The summed E-state index contributed by atoms with van der Waals surface area (Å²) in [4.78, 5) is 55.7. The number of aryl methyl sites for hydroxylation is 1. The molecule has 0 aromatic heterocycles. The lowest BCUT2D eigenvalue weighted by atomic mass is 9.59. The number of carbonyl (C=O) groups is 4. The van der Waals surface area contributed by atoms with Crippen LogP contribution in [0.5, 0.6) is 5.75 Å². The number of ketones is 2. The number of hydrogen-bond donors (Lipinski definition) is 1. The molecule has 6 rings (SSSR count). The van der Waals surface area contributed by atoms with E-state index in [0.717, 1.165) is 23.1 Å². The van der Waals surface area contributed by atoms with Crippen molar-refractivity contribution in [2.75, 3.05) is 18.1 Å². The topological polar surface area (TPSA) is 101 Å². The van der Waals surface area contributed by atoms with Crippen molar-refractivity contribution in [3.8, 4) is 5.75 Å². The molecule has 7 nitrogen and oxygen atoms in total. The lowest BCUT2D eigenvalue weighted by Gasteiger charge is -2.42. The van der Waals surface area contributed by atoms with Gasteiger partial charge in [0.1, 0.15) is 12.4 Å². The Labute approximate surface area is 232 Å². The number of fused-ring (bicyclic) bond motifs is 3. The molecular formula is C33H31NO6. The summed E-state index contributed by atoms with van der Waals surface area (Å²) in [5, 5.41) is 9.08. The summed E-state index contributed by atoms with van der Waals surface area (Å²) >= 11 is 0. The summed E-state index contributed by atoms with van der Waals surface area (Å²) in [6, 6.07) is 14.8. The van der Waals surface area contributed by atoms with Crippen LogP contribution in [0.4, 0.5) is 5.69 Å². The molecule has 204 valence electrons. The first-order valence-corrected chi connectivity index (χ1v) is 13.8. The van der Waals surface area contributed by atoms with E-state index in [-0.39, 0.29) is 48.9 Å². The molecule has 1 saturated heterocycles. The number of aliphatic hydroxyl groups excluding tert-OH is 1. The maximum atomic E-state index is 14.0. The molecule has 7 heteroatoms. The van der Waals surface area contributed by atoms with E-state index in [1.807, 2.05) is 42.5 Å². The second-order valence-corrected chi connectivity index (χ2v) is 10.9. The Morgan fingerprint density at radius 3 is 2.35 bits per heavy atom. The van der Waals surface area contributed by atoms with Crippen molar-refractivity contribution in [3.63, 3.8) is 0 Å². The Balaban J connectivity index is 1.42. The zero-order chi connectivity index (χ0) is 28.1. The van der Waals surface area contributed by atoms with E-state index in [0.29, 0.717) is 34.6 Å². The smallest absolute Gasteiger partial charge is 0.238 e.